The van der Waals surface area contributed by atoms with Crippen molar-refractivity contribution in [3.05, 3.63) is 34.6 Å². The van der Waals surface area contributed by atoms with Crippen LogP contribution in [-0.4, -0.2) is 35.7 Å². The first-order valence-corrected chi connectivity index (χ1v) is 5.71. The monoisotopic (exact) mass is 243 g/mol. The largest absolute Gasteiger partial charge is 0.388 e. The molecule has 0 aliphatic carbocycles. The van der Waals surface area contributed by atoms with Crippen molar-refractivity contribution in [3.8, 4) is 0 Å². The maximum absolute atomic E-state index is 13.6. The molecule has 1 saturated heterocycles. The molecule has 0 bridgehead atoms. The van der Waals surface area contributed by atoms with E-state index in [0.29, 0.717) is 30.0 Å². The smallest absolute Gasteiger partial charge is 0.127 e. The molecule has 0 spiro atoms. The molecule has 2 nitrogen and oxygen atoms in total. The first-order chi connectivity index (χ1) is 7.48. The van der Waals surface area contributed by atoms with Crippen LogP contribution in [0.1, 0.15) is 12.0 Å². The molecule has 1 aromatic rings. The van der Waals surface area contributed by atoms with Gasteiger partial charge in [-0.3, -0.25) is 0 Å². The molecule has 1 unspecified atom stereocenters. The number of hydrogen-bond donors (Lipinski definition) is 1. The van der Waals surface area contributed by atoms with Gasteiger partial charge in [0, 0.05) is 24.5 Å². The number of benzene rings is 1. The molecule has 0 amide bonds. The second-order valence-electron chi connectivity index (χ2n) is 4.62. The van der Waals surface area contributed by atoms with E-state index >= 15 is 0 Å². The van der Waals surface area contributed by atoms with Crippen LogP contribution in [0.15, 0.2) is 18.2 Å². The topological polar surface area (TPSA) is 23.5 Å². The lowest BCUT2D eigenvalue weighted by atomic mass is 9.93. The van der Waals surface area contributed by atoms with Crippen LogP contribution in [-0.2, 0) is 6.42 Å². The van der Waals surface area contributed by atoms with E-state index in [1.165, 1.54) is 6.07 Å². The summed E-state index contributed by atoms with van der Waals surface area (Å²) in [4.78, 5) is 2.05. The zero-order valence-corrected chi connectivity index (χ0v) is 9.97. The summed E-state index contributed by atoms with van der Waals surface area (Å²) in [6.45, 7) is 1.45. The van der Waals surface area contributed by atoms with Gasteiger partial charge in [-0.2, -0.15) is 0 Å². The lowest BCUT2D eigenvalue weighted by Gasteiger charge is -2.22. The van der Waals surface area contributed by atoms with Crippen LogP contribution in [0, 0.1) is 5.82 Å². The third kappa shape index (κ3) is 2.54. The van der Waals surface area contributed by atoms with Gasteiger partial charge in [0.2, 0.25) is 0 Å². The summed E-state index contributed by atoms with van der Waals surface area (Å²) in [7, 11) is 1.95. The first kappa shape index (κ1) is 11.8. The number of rotatable bonds is 2. The Labute approximate surface area is 99.6 Å². The zero-order chi connectivity index (χ0) is 11.8. The molecule has 1 fully saturated rings. The van der Waals surface area contributed by atoms with Gasteiger partial charge in [-0.25, -0.2) is 4.39 Å². The Morgan fingerprint density at radius 3 is 2.88 bits per heavy atom. The Morgan fingerprint density at radius 2 is 2.31 bits per heavy atom. The molecule has 88 valence electrons. The molecule has 1 N–H and O–H groups in total. The quantitative estimate of drug-likeness (QED) is 0.860. The van der Waals surface area contributed by atoms with Gasteiger partial charge in [0.1, 0.15) is 5.82 Å². The molecule has 0 radical (unpaired) electrons. The fraction of sp³-hybridized carbons (Fsp3) is 0.500. The van der Waals surface area contributed by atoms with E-state index in [1.807, 2.05) is 11.9 Å². The van der Waals surface area contributed by atoms with Gasteiger partial charge in [0.15, 0.2) is 0 Å². The number of halogens is 2. The average molecular weight is 244 g/mol. The summed E-state index contributed by atoms with van der Waals surface area (Å²) in [6, 6.07) is 4.59. The van der Waals surface area contributed by atoms with Crippen molar-refractivity contribution in [1.82, 2.24) is 4.90 Å². The van der Waals surface area contributed by atoms with Crippen LogP contribution in [0.2, 0.25) is 5.02 Å². The zero-order valence-electron chi connectivity index (χ0n) is 9.21. The van der Waals surface area contributed by atoms with Gasteiger partial charge < -0.3 is 10.0 Å². The second kappa shape index (κ2) is 4.32. The number of likely N-dealkylation sites (N-methyl/N-ethyl adjacent to an activating group) is 1. The second-order valence-corrected chi connectivity index (χ2v) is 5.06. The number of nitrogens with zero attached hydrogens (tertiary/aromatic N) is 1. The summed E-state index contributed by atoms with van der Waals surface area (Å²) in [5.41, 5.74) is -0.272. The minimum atomic E-state index is -0.802. The SMILES string of the molecule is CN1CCC(O)(Cc2ccc(Cl)cc2F)C1. The van der Waals surface area contributed by atoms with E-state index in [-0.39, 0.29) is 5.82 Å². The Kier molecular flexibility index (Phi) is 3.19. The highest BCUT2D eigenvalue weighted by atomic mass is 35.5. The predicted molar refractivity (Wildman–Crippen MR) is 62.2 cm³/mol. The Morgan fingerprint density at radius 1 is 1.56 bits per heavy atom. The van der Waals surface area contributed by atoms with E-state index < -0.39 is 5.60 Å². The fourth-order valence-corrected chi connectivity index (χ4v) is 2.38. The number of aliphatic hydroxyl groups is 1. The molecule has 1 heterocycles. The maximum atomic E-state index is 13.6. The molecule has 0 saturated carbocycles. The molecule has 1 aromatic carbocycles. The lowest BCUT2D eigenvalue weighted by Crippen LogP contribution is -2.34. The number of hydrogen-bond acceptors (Lipinski definition) is 2. The fourth-order valence-electron chi connectivity index (χ4n) is 2.22. The Balaban J connectivity index is 2.14. The molecule has 1 atom stereocenters. The lowest BCUT2D eigenvalue weighted by molar-refractivity contribution is 0.0515. The van der Waals surface area contributed by atoms with Crippen LogP contribution < -0.4 is 0 Å². The van der Waals surface area contributed by atoms with Crippen LogP contribution in [0.3, 0.4) is 0 Å². The van der Waals surface area contributed by atoms with Crippen LogP contribution >= 0.6 is 11.6 Å². The van der Waals surface area contributed by atoms with Gasteiger partial charge in [-0.05, 0) is 31.2 Å². The molecular formula is C12H15ClFNO. The maximum Gasteiger partial charge on any atom is 0.127 e. The standard InChI is InChI=1S/C12H15ClFNO/c1-15-5-4-12(16,8-15)7-9-2-3-10(13)6-11(9)14/h2-3,6,16H,4-5,7-8H2,1H3. The van der Waals surface area contributed by atoms with Gasteiger partial charge >= 0.3 is 0 Å². The third-order valence-electron chi connectivity index (χ3n) is 3.06. The van der Waals surface area contributed by atoms with E-state index in [4.69, 9.17) is 11.6 Å². The van der Waals surface area contributed by atoms with Crippen molar-refractivity contribution in [2.75, 3.05) is 20.1 Å². The first-order valence-electron chi connectivity index (χ1n) is 5.33. The third-order valence-corrected chi connectivity index (χ3v) is 3.29. The van der Waals surface area contributed by atoms with Crippen molar-refractivity contribution >= 4 is 11.6 Å². The predicted octanol–water partition coefficient (Wildman–Crippen LogP) is 2.09. The highest BCUT2D eigenvalue weighted by molar-refractivity contribution is 6.30. The molecule has 1 aliphatic heterocycles. The number of β-amino-alcohol motifs (C(OH)–C–C–N with tert-alkyl or cyclic N) is 1. The Bertz CT molecular complexity index is 399. The minimum Gasteiger partial charge on any atom is -0.388 e. The normalized spacial score (nSPS) is 26.2. The van der Waals surface area contributed by atoms with Crippen LogP contribution in [0.4, 0.5) is 4.39 Å². The van der Waals surface area contributed by atoms with E-state index in [0.717, 1.165) is 6.54 Å². The average Bonchev–Trinajstić information content (AvgIpc) is 2.52. The van der Waals surface area contributed by atoms with Gasteiger partial charge in [-0.1, -0.05) is 17.7 Å². The van der Waals surface area contributed by atoms with Gasteiger partial charge in [0.25, 0.3) is 0 Å². The summed E-state index contributed by atoms with van der Waals surface area (Å²) in [5.74, 6) is -0.338. The van der Waals surface area contributed by atoms with Crippen LogP contribution in [0.25, 0.3) is 0 Å². The van der Waals surface area contributed by atoms with Crippen molar-refractivity contribution in [3.63, 3.8) is 0 Å². The highest BCUT2D eigenvalue weighted by Crippen LogP contribution is 2.26. The molecule has 1 aliphatic rings. The minimum absolute atomic E-state index is 0.338. The summed E-state index contributed by atoms with van der Waals surface area (Å²) >= 11 is 5.68. The highest BCUT2D eigenvalue weighted by Gasteiger charge is 2.34. The summed E-state index contributed by atoms with van der Waals surface area (Å²) in [5, 5.41) is 10.7. The van der Waals surface area contributed by atoms with E-state index in [2.05, 4.69) is 0 Å². The van der Waals surface area contributed by atoms with Crippen molar-refractivity contribution in [2.24, 2.45) is 0 Å². The van der Waals surface area contributed by atoms with Crippen LogP contribution in [0.5, 0.6) is 0 Å². The van der Waals surface area contributed by atoms with E-state index in [1.54, 1.807) is 12.1 Å². The molecule has 16 heavy (non-hydrogen) atoms. The van der Waals surface area contributed by atoms with Crippen molar-refractivity contribution < 1.29 is 9.50 Å². The number of likely N-dealkylation sites (tertiary alicyclic amines) is 1. The van der Waals surface area contributed by atoms with Crippen molar-refractivity contribution in [1.29, 1.82) is 0 Å². The van der Waals surface area contributed by atoms with Gasteiger partial charge in [0.05, 0.1) is 5.60 Å². The molecule has 2 rings (SSSR count). The Hall–Kier alpha value is -0.640. The van der Waals surface area contributed by atoms with E-state index in [9.17, 15) is 9.50 Å². The molecular weight excluding hydrogens is 229 g/mol. The van der Waals surface area contributed by atoms with Crippen molar-refractivity contribution in [2.45, 2.75) is 18.4 Å². The van der Waals surface area contributed by atoms with Gasteiger partial charge in [-0.15, -0.1) is 0 Å². The molecule has 4 heteroatoms. The summed E-state index contributed by atoms with van der Waals surface area (Å²) < 4.78 is 13.6. The summed E-state index contributed by atoms with van der Waals surface area (Å²) in [6.07, 6.45) is 1.03. The molecule has 0 aromatic heterocycles.